The highest BCUT2D eigenvalue weighted by Gasteiger charge is 2.27. The van der Waals surface area contributed by atoms with Crippen molar-refractivity contribution in [1.29, 1.82) is 0 Å². The minimum absolute atomic E-state index is 0.0289. The maximum Gasteiger partial charge on any atom is 0.472 e. The van der Waals surface area contributed by atoms with Crippen LogP contribution >= 0.6 is 7.82 Å². The molecular weight excluding hydrogens is 1110 g/mol. The van der Waals surface area contributed by atoms with Crippen LogP contribution in [0.2, 0.25) is 0 Å². The first-order valence-corrected chi connectivity index (χ1v) is 38.5. The van der Waals surface area contributed by atoms with Crippen molar-refractivity contribution in [3.8, 4) is 0 Å². The van der Waals surface area contributed by atoms with Crippen molar-refractivity contribution >= 4 is 19.8 Å². The van der Waals surface area contributed by atoms with Gasteiger partial charge in [-0.15, -0.1) is 0 Å². The third-order valence-electron chi connectivity index (χ3n) is 16.1. The van der Waals surface area contributed by atoms with E-state index >= 15 is 0 Å². The summed E-state index contributed by atoms with van der Waals surface area (Å²) < 4.78 is 34.8. The Labute approximate surface area is 544 Å². The fraction of sp³-hybridized carbons (Fsp3) is 0.769. The first-order chi connectivity index (χ1) is 43.0. The van der Waals surface area contributed by atoms with E-state index in [1.54, 1.807) is 0 Å². The molecule has 0 aliphatic rings. The minimum Gasteiger partial charge on any atom is -0.462 e. The number of nitrogens with zero attached hydrogens (tertiary/aromatic N) is 1. The third kappa shape index (κ3) is 72.0. The lowest BCUT2D eigenvalue weighted by Gasteiger charge is -2.24. The summed E-state index contributed by atoms with van der Waals surface area (Å²) in [5.41, 5.74) is 0. The first-order valence-electron chi connectivity index (χ1n) is 37.0. The molecule has 0 aromatic heterocycles. The zero-order valence-electron chi connectivity index (χ0n) is 58.2. The molecule has 0 heterocycles. The molecule has 0 aromatic carbocycles. The number of likely N-dealkylation sites (N-methyl/N-ethyl adjacent to an activating group) is 1. The summed E-state index contributed by atoms with van der Waals surface area (Å²) in [4.78, 5) is 35.9. The molecule has 0 rings (SSSR count). The molecule has 0 aliphatic carbocycles. The number of phosphoric acid groups is 1. The minimum atomic E-state index is -4.40. The van der Waals surface area contributed by atoms with Gasteiger partial charge >= 0.3 is 19.8 Å². The molecule has 2 unspecified atom stereocenters. The number of rotatable bonds is 68. The van der Waals surface area contributed by atoms with Crippen LogP contribution in [0.25, 0.3) is 0 Å². The Morgan fingerprint density at radius 1 is 0.364 bits per heavy atom. The van der Waals surface area contributed by atoms with Crippen LogP contribution < -0.4 is 0 Å². The van der Waals surface area contributed by atoms with Crippen molar-refractivity contribution in [2.24, 2.45) is 0 Å². The van der Waals surface area contributed by atoms with Gasteiger partial charge in [-0.1, -0.05) is 323 Å². The Bertz CT molecular complexity index is 1810. The molecule has 0 aromatic rings. The summed E-state index contributed by atoms with van der Waals surface area (Å²) >= 11 is 0. The van der Waals surface area contributed by atoms with Crippen LogP contribution in [0.15, 0.2) is 97.2 Å². The van der Waals surface area contributed by atoms with Crippen molar-refractivity contribution in [1.82, 2.24) is 0 Å². The van der Waals surface area contributed by atoms with E-state index in [9.17, 15) is 19.0 Å². The predicted octanol–water partition coefficient (Wildman–Crippen LogP) is 24.3. The SMILES string of the molecule is CC/C=C\C/C=C\C/C=C\C/C=C\C/C=C\C/C=C\C/C=C\CCCCCCCCCCCCCC(=O)OC(COC(=O)CCCCCCCCCCCCCCCCCCCCC/C=C\CCCCCCCCCC)COP(=O)(O)OCC[N+](C)(C)C. The van der Waals surface area contributed by atoms with E-state index in [0.717, 1.165) is 89.9 Å². The summed E-state index contributed by atoms with van der Waals surface area (Å²) in [6.45, 7) is 4.36. The molecular formula is C78H141NO8P+. The third-order valence-corrected chi connectivity index (χ3v) is 17.1. The van der Waals surface area contributed by atoms with Crippen molar-refractivity contribution in [3.05, 3.63) is 97.2 Å². The van der Waals surface area contributed by atoms with Gasteiger partial charge < -0.3 is 18.9 Å². The van der Waals surface area contributed by atoms with Gasteiger partial charge in [0.15, 0.2) is 6.10 Å². The largest absolute Gasteiger partial charge is 0.472 e. The monoisotopic (exact) mass is 1250 g/mol. The van der Waals surface area contributed by atoms with Crippen LogP contribution in [-0.2, 0) is 32.7 Å². The Kier molecular flexibility index (Phi) is 65.9. The smallest absolute Gasteiger partial charge is 0.462 e. The highest BCUT2D eigenvalue weighted by molar-refractivity contribution is 7.47. The zero-order valence-corrected chi connectivity index (χ0v) is 59.1. The average Bonchev–Trinajstić information content (AvgIpc) is 3.56. The van der Waals surface area contributed by atoms with Gasteiger partial charge in [0, 0.05) is 12.8 Å². The topological polar surface area (TPSA) is 108 Å². The number of phosphoric ester groups is 1. The molecule has 0 fully saturated rings. The molecule has 9 nitrogen and oxygen atoms in total. The second kappa shape index (κ2) is 68.3. The number of quaternary nitrogens is 1. The van der Waals surface area contributed by atoms with Gasteiger partial charge in [-0.25, -0.2) is 4.57 Å². The molecule has 510 valence electrons. The summed E-state index contributed by atoms with van der Waals surface area (Å²) in [5.74, 6) is -0.791. The van der Waals surface area contributed by atoms with E-state index in [4.69, 9.17) is 18.5 Å². The van der Waals surface area contributed by atoms with Crippen LogP contribution in [0.5, 0.6) is 0 Å². The van der Waals surface area contributed by atoms with Crippen LogP contribution in [0.4, 0.5) is 0 Å². The van der Waals surface area contributed by atoms with Crippen LogP contribution in [0, 0.1) is 0 Å². The number of unbranched alkanes of at least 4 members (excludes halogenated alkanes) is 38. The van der Waals surface area contributed by atoms with Gasteiger partial charge in [-0.05, 0) is 96.3 Å². The Morgan fingerprint density at radius 3 is 0.977 bits per heavy atom. The molecule has 2 atom stereocenters. The number of ether oxygens (including phenoxy) is 2. The number of carbonyl (C=O) groups excluding carboxylic acids is 2. The lowest BCUT2D eigenvalue weighted by Crippen LogP contribution is -2.37. The second-order valence-corrected chi connectivity index (χ2v) is 27.4. The van der Waals surface area contributed by atoms with Gasteiger partial charge in [0.25, 0.3) is 0 Å². The van der Waals surface area contributed by atoms with E-state index in [2.05, 4.69) is 111 Å². The average molecular weight is 1250 g/mol. The summed E-state index contributed by atoms with van der Waals surface area (Å²) in [7, 11) is 1.48. The highest BCUT2D eigenvalue weighted by Crippen LogP contribution is 2.43. The van der Waals surface area contributed by atoms with E-state index < -0.39 is 26.5 Å². The van der Waals surface area contributed by atoms with Crippen molar-refractivity contribution < 1.29 is 42.1 Å². The highest BCUT2D eigenvalue weighted by atomic mass is 31.2. The molecule has 0 spiro atoms. The predicted molar refractivity (Wildman–Crippen MR) is 381 cm³/mol. The number of esters is 2. The maximum atomic E-state index is 12.9. The second-order valence-electron chi connectivity index (χ2n) is 25.9. The number of hydrogen-bond acceptors (Lipinski definition) is 7. The quantitative estimate of drug-likeness (QED) is 0.0211. The van der Waals surface area contributed by atoms with Crippen LogP contribution in [-0.4, -0.2) is 74.9 Å². The lowest BCUT2D eigenvalue weighted by atomic mass is 10.0. The molecule has 0 radical (unpaired) electrons. The first kappa shape index (κ1) is 84.9. The van der Waals surface area contributed by atoms with Crippen molar-refractivity contribution in [2.75, 3.05) is 47.5 Å². The van der Waals surface area contributed by atoms with Gasteiger partial charge in [-0.2, -0.15) is 0 Å². The van der Waals surface area contributed by atoms with Crippen LogP contribution in [0.3, 0.4) is 0 Å². The number of hydrogen-bond donors (Lipinski definition) is 1. The Balaban J connectivity index is 4.03. The van der Waals surface area contributed by atoms with E-state index in [0.29, 0.717) is 17.4 Å². The summed E-state index contributed by atoms with van der Waals surface area (Å²) in [6, 6.07) is 0. The molecule has 0 saturated heterocycles. The number of carbonyl (C=O) groups is 2. The van der Waals surface area contributed by atoms with Crippen molar-refractivity contribution in [3.63, 3.8) is 0 Å². The molecule has 0 aliphatic heterocycles. The number of allylic oxidation sites excluding steroid dienone is 16. The van der Waals surface area contributed by atoms with E-state index in [1.807, 2.05) is 21.1 Å². The van der Waals surface area contributed by atoms with Gasteiger partial charge in [0.1, 0.15) is 19.8 Å². The molecule has 0 bridgehead atoms. The van der Waals surface area contributed by atoms with E-state index in [-0.39, 0.29) is 32.0 Å². The molecule has 1 N–H and O–H groups in total. The van der Waals surface area contributed by atoms with Crippen LogP contribution in [0.1, 0.15) is 335 Å². The lowest BCUT2D eigenvalue weighted by molar-refractivity contribution is -0.870. The molecule has 88 heavy (non-hydrogen) atoms. The summed E-state index contributed by atoms with van der Waals surface area (Å²) in [6.07, 6.45) is 95.2. The molecule has 10 heteroatoms. The fourth-order valence-electron chi connectivity index (χ4n) is 10.5. The summed E-state index contributed by atoms with van der Waals surface area (Å²) in [5, 5.41) is 0. The molecule has 0 amide bonds. The van der Waals surface area contributed by atoms with E-state index in [1.165, 1.54) is 212 Å². The Morgan fingerprint density at radius 2 is 0.648 bits per heavy atom. The van der Waals surface area contributed by atoms with Gasteiger partial charge in [0.2, 0.25) is 0 Å². The zero-order chi connectivity index (χ0) is 64.1. The maximum absolute atomic E-state index is 12.9. The van der Waals surface area contributed by atoms with Gasteiger partial charge in [-0.3, -0.25) is 18.6 Å². The molecule has 0 saturated carbocycles. The van der Waals surface area contributed by atoms with Gasteiger partial charge in [0.05, 0.1) is 27.7 Å². The van der Waals surface area contributed by atoms with Crippen molar-refractivity contribution in [2.45, 2.75) is 341 Å². The standard InChI is InChI=1S/C78H140NO8P/c1-6-8-10-12-14-16-18-20-22-24-26-28-30-32-34-36-38-39-41-43-45-47-49-51-53-55-57-59-61-63-65-67-69-71-78(81)87-76(75-86-88(82,83)85-73-72-79(3,4)5)74-84-77(80)70-68-66-64-62-60-58-56-54-52-50-48-46-44-42-40-37-35-33-31-29-27-25-23-21-19-17-15-13-11-9-7-2/h8,10,14,16,20,22,25-28,32,34,38-39,43,45,76H,6-7,9,11-13,15,17-19,21,23-24,29-31,33,35-37,40-42,44,46-75H2,1-5H3/p+1/b10-8-,16-14-,22-20-,27-25-,28-26-,34-32-,39-38-,45-43-. The normalized spacial score (nSPS) is 13.7. The Hall–Kier alpha value is -3.07. The fourth-order valence-corrected chi connectivity index (χ4v) is 11.2.